The fourth-order valence-electron chi connectivity index (χ4n) is 1.87. The molecule has 0 saturated heterocycles. The van der Waals surface area contributed by atoms with Crippen molar-refractivity contribution in [3.8, 4) is 0 Å². The zero-order chi connectivity index (χ0) is 15.5. The molecule has 0 aliphatic heterocycles. The normalized spacial score (nSPS) is 10.2. The molecule has 0 bridgehead atoms. The predicted octanol–water partition coefficient (Wildman–Crippen LogP) is 3.87. The van der Waals surface area contributed by atoms with Gasteiger partial charge >= 0.3 is 0 Å². The van der Waals surface area contributed by atoms with E-state index in [9.17, 15) is 4.79 Å². The first-order valence-corrected chi connectivity index (χ1v) is 8.99. The van der Waals surface area contributed by atoms with Crippen molar-refractivity contribution in [1.82, 2.24) is 10.6 Å². The second kappa shape index (κ2) is 10.6. The first kappa shape index (κ1) is 18.0. The molecule has 0 heterocycles. The largest absolute Gasteiger partial charge is 0.358 e. The predicted molar refractivity (Wildman–Crippen MR) is 94.6 cm³/mol. The Morgan fingerprint density at radius 2 is 1.90 bits per heavy atom. The summed E-state index contributed by atoms with van der Waals surface area (Å²) in [7, 11) is 0. The van der Waals surface area contributed by atoms with Gasteiger partial charge in [-0.25, -0.2) is 0 Å². The third-order valence-corrected chi connectivity index (χ3v) is 4.11. The number of thioether (sulfide) groups is 1. The van der Waals surface area contributed by atoms with Crippen molar-refractivity contribution < 1.29 is 4.79 Å². The average Bonchev–Trinajstić information content (AvgIpc) is 2.50. The summed E-state index contributed by atoms with van der Waals surface area (Å²) in [4.78, 5) is 12.9. The Bertz CT molecular complexity index is 446. The van der Waals surface area contributed by atoms with Crippen molar-refractivity contribution in [3.05, 3.63) is 29.8 Å². The van der Waals surface area contributed by atoms with Crippen LogP contribution in [0.2, 0.25) is 0 Å². The summed E-state index contributed by atoms with van der Waals surface area (Å²) >= 11 is 6.85. The summed E-state index contributed by atoms with van der Waals surface area (Å²) < 4.78 is 0. The molecule has 0 radical (unpaired) electrons. The maximum atomic E-state index is 11.7. The van der Waals surface area contributed by atoms with E-state index in [0.717, 1.165) is 18.4 Å². The molecule has 0 aromatic heterocycles. The summed E-state index contributed by atoms with van der Waals surface area (Å²) in [6.45, 7) is 2.79. The van der Waals surface area contributed by atoms with E-state index in [1.165, 1.54) is 17.7 Å². The summed E-state index contributed by atoms with van der Waals surface area (Å²) in [5.41, 5.74) is 1.15. The van der Waals surface area contributed by atoms with Gasteiger partial charge in [-0.2, -0.15) is 0 Å². The lowest BCUT2D eigenvalue weighted by Gasteiger charge is -2.10. The van der Waals surface area contributed by atoms with Gasteiger partial charge in [0.25, 0.3) is 0 Å². The molecular weight excluding hydrogens is 300 g/mol. The van der Waals surface area contributed by atoms with Crippen molar-refractivity contribution in [2.45, 2.75) is 50.5 Å². The zero-order valence-corrected chi connectivity index (χ0v) is 14.4. The number of amides is 1. The molecule has 1 amide bonds. The Morgan fingerprint density at radius 3 is 2.52 bits per heavy atom. The monoisotopic (exact) mass is 324 g/mol. The molecule has 5 heteroatoms. The fourth-order valence-corrected chi connectivity index (χ4v) is 2.47. The smallest absolute Gasteiger partial charge is 0.226 e. The van der Waals surface area contributed by atoms with Gasteiger partial charge < -0.3 is 10.6 Å². The molecule has 1 rings (SSSR count). The van der Waals surface area contributed by atoms with Crippen LogP contribution in [-0.2, 0) is 11.3 Å². The van der Waals surface area contributed by atoms with E-state index in [-0.39, 0.29) is 5.91 Å². The average molecular weight is 325 g/mol. The number of unbranched alkanes of at least 4 members (excludes halogenated alkanes) is 3. The number of nitrogens with one attached hydrogen (secondary N) is 2. The van der Waals surface area contributed by atoms with E-state index >= 15 is 0 Å². The molecule has 0 saturated carbocycles. The molecule has 2 N–H and O–H groups in total. The summed E-state index contributed by atoms with van der Waals surface area (Å²) in [6, 6.07) is 8.29. The van der Waals surface area contributed by atoms with Gasteiger partial charge in [0.1, 0.15) is 0 Å². The number of rotatable bonds is 8. The molecule has 21 heavy (non-hydrogen) atoms. The highest BCUT2D eigenvalue weighted by atomic mass is 32.2. The van der Waals surface area contributed by atoms with E-state index in [1.54, 1.807) is 11.8 Å². The minimum absolute atomic E-state index is 0.00124. The summed E-state index contributed by atoms with van der Waals surface area (Å²) in [5.74, 6) is 0.00124. The third kappa shape index (κ3) is 8.07. The van der Waals surface area contributed by atoms with Crippen LogP contribution in [0.25, 0.3) is 0 Å². The number of hydrogen-bond acceptors (Lipinski definition) is 3. The topological polar surface area (TPSA) is 41.1 Å². The van der Waals surface area contributed by atoms with Gasteiger partial charge in [-0.15, -0.1) is 11.8 Å². The highest BCUT2D eigenvalue weighted by Crippen LogP contribution is 2.14. The molecule has 0 unspecified atom stereocenters. The van der Waals surface area contributed by atoms with Crippen LogP contribution in [0.4, 0.5) is 0 Å². The van der Waals surface area contributed by atoms with Gasteiger partial charge in [0.15, 0.2) is 5.11 Å². The molecular formula is C16H24N2OS2. The lowest BCUT2D eigenvalue weighted by molar-refractivity contribution is -0.119. The number of thiocarbonyl (C=S) groups is 1. The van der Waals surface area contributed by atoms with E-state index < -0.39 is 0 Å². The Labute approximate surface area is 137 Å². The van der Waals surface area contributed by atoms with Gasteiger partial charge in [0.2, 0.25) is 5.91 Å². The van der Waals surface area contributed by atoms with Gasteiger partial charge in [-0.3, -0.25) is 4.79 Å². The van der Waals surface area contributed by atoms with Crippen molar-refractivity contribution in [2.24, 2.45) is 0 Å². The first-order valence-electron chi connectivity index (χ1n) is 7.36. The van der Waals surface area contributed by atoms with Gasteiger partial charge in [0, 0.05) is 17.9 Å². The molecule has 1 aromatic carbocycles. The highest BCUT2D eigenvalue weighted by Gasteiger charge is 2.04. The van der Waals surface area contributed by atoms with Crippen LogP contribution < -0.4 is 10.6 Å². The van der Waals surface area contributed by atoms with E-state index in [1.807, 2.05) is 0 Å². The maximum absolute atomic E-state index is 11.7. The van der Waals surface area contributed by atoms with Crippen LogP contribution in [0, 0.1) is 0 Å². The quantitative estimate of drug-likeness (QED) is 0.433. The lowest BCUT2D eigenvalue weighted by atomic mass is 10.1. The Hall–Kier alpha value is -1.07. The molecule has 0 aliphatic carbocycles. The number of carbonyl (C=O) groups is 1. The minimum Gasteiger partial charge on any atom is -0.358 e. The van der Waals surface area contributed by atoms with Crippen molar-refractivity contribution >= 4 is 35.0 Å². The Kier molecular flexibility index (Phi) is 9.10. The molecule has 0 spiro atoms. The summed E-state index contributed by atoms with van der Waals surface area (Å²) in [5, 5.41) is 6.20. The third-order valence-electron chi connectivity index (χ3n) is 3.12. The molecule has 3 nitrogen and oxygen atoms in total. The lowest BCUT2D eigenvalue weighted by Crippen LogP contribution is -2.38. The van der Waals surface area contributed by atoms with Crippen LogP contribution in [0.3, 0.4) is 0 Å². The molecule has 116 valence electrons. The second-order valence-corrected chi connectivity index (χ2v) is 6.18. The van der Waals surface area contributed by atoms with Gasteiger partial charge in [-0.05, 0) is 42.6 Å². The van der Waals surface area contributed by atoms with E-state index in [0.29, 0.717) is 18.1 Å². The Balaban J connectivity index is 2.22. The van der Waals surface area contributed by atoms with Crippen molar-refractivity contribution in [3.63, 3.8) is 0 Å². The maximum Gasteiger partial charge on any atom is 0.226 e. The van der Waals surface area contributed by atoms with Gasteiger partial charge in [-0.1, -0.05) is 38.3 Å². The minimum atomic E-state index is 0.00124. The van der Waals surface area contributed by atoms with Crippen LogP contribution in [0.5, 0.6) is 0 Å². The second-order valence-electron chi connectivity index (χ2n) is 4.89. The van der Waals surface area contributed by atoms with Crippen LogP contribution >= 0.6 is 24.0 Å². The fraction of sp³-hybridized carbons (Fsp3) is 0.500. The number of hydrogen-bond donors (Lipinski definition) is 2. The molecule has 0 atom stereocenters. The van der Waals surface area contributed by atoms with Crippen LogP contribution in [0.1, 0.15) is 44.6 Å². The standard InChI is InChI=1S/C16H24N2OS2/c1-3-4-5-6-7-15(19)18-16(20)17-12-13-8-10-14(21-2)11-9-13/h8-11H,3-7,12H2,1-2H3,(H2,17,18,19,20). The summed E-state index contributed by atoms with van der Waals surface area (Å²) in [6.07, 6.45) is 6.99. The van der Waals surface area contributed by atoms with Crippen molar-refractivity contribution in [2.75, 3.05) is 6.26 Å². The molecule has 1 aromatic rings. The molecule has 0 aliphatic rings. The van der Waals surface area contributed by atoms with Crippen LogP contribution in [0.15, 0.2) is 29.2 Å². The number of benzene rings is 1. The van der Waals surface area contributed by atoms with E-state index in [4.69, 9.17) is 12.2 Å². The van der Waals surface area contributed by atoms with Crippen molar-refractivity contribution in [1.29, 1.82) is 0 Å². The zero-order valence-electron chi connectivity index (χ0n) is 12.8. The van der Waals surface area contributed by atoms with Gasteiger partial charge in [0.05, 0.1) is 0 Å². The SMILES string of the molecule is CCCCCCC(=O)NC(=S)NCc1ccc(SC)cc1. The van der Waals surface area contributed by atoms with Crippen LogP contribution in [-0.4, -0.2) is 17.3 Å². The first-order chi connectivity index (χ1) is 10.2. The highest BCUT2D eigenvalue weighted by molar-refractivity contribution is 7.98. The van der Waals surface area contributed by atoms with E-state index in [2.05, 4.69) is 48.1 Å². The number of carbonyl (C=O) groups excluding carboxylic acids is 1. The Morgan fingerprint density at radius 1 is 1.19 bits per heavy atom. The molecule has 0 fully saturated rings.